The summed E-state index contributed by atoms with van der Waals surface area (Å²) in [5.74, 6) is 2.18. The number of imidazole rings is 1. The molecule has 0 bridgehead atoms. The smallest absolute Gasteiger partial charge is 0.128 e. The summed E-state index contributed by atoms with van der Waals surface area (Å²) in [7, 11) is 0. The van der Waals surface area contributed by atoms with Gasteiger partial charge in [0.05, 0.1) is 18.3 Å². The minimum atomic E-state index is 0.485. The van der Waals surface area contributed by atoms with Crippen LogP contribution in [-0.2, 0) is 6.54 Å². The second kappa shape index (κ2) is 4.37. The Kier molecular flexibility index (Phi) is 2.73. The van der Waals surface area contributed by atoms with E-state index in [9.17, 15) is 0 Å². The summed E-state index contributed by atoms with van der Waals surface area (Å²) in [6.45, 7) is 2.77. The number of hydrogen-bond donors (Lipinski definition) is 1. The summed E-state index contributed by atoms with van der Waals surface area (Å²) in [6.07, 6.45) is 5.81. The molecule has 1 saturated heterocycles. The number of hydrogen-bond acceptors (Lipinski definition) is 3. The van der Waals surface area contributed by atoms with E-state index in [1.807, 2.05) is 6.20 Å². The number of fused-ring (bicyclic) bond motifs is 1. The molecule has 0 atom stereocenters. The monoisotopic (exact) mass is 230 g/mol. The summed E-state index contributed by atoms with van der Waals surface area (Å²) >= 11 is 0. The zero-order chi connectivity index (χ0) is 11.7. The van der Waals surface area contributed by atoms with Crippen molar-refractivity contribution in [3.8, 4) is 0 Å². The van der Waals surface area contributed by atoms with Gasteiger partial charge in [-0.15, -0.1) is 0 Å². The van der Waals surface area contributed by atoms with Gasteiger partial charge in [-0.1, -0.05) is 6.07 Å². The largest absolute Gasteiger partial charge is 0.358 e. The third kappa shape index (κ3) is 1.78. The number of nitrogens with zero attached hydrogens (tertiary/aromatic N) is 3. The maximum absolute atomic E-state index is 5.76. The molecule has 3 heterocycles. The molecule has 0 spiro atoms. The summed E-state index contributed by atoms with van der Waals surface area (Å²) in [5, 5.41) is 0. The highest BCUT2D eigenvalue weighted by molar-refractivity contribution is 5.56. The van der Waals surface area contributed by atoms with Crippen molar-refractivity contribution in [1.29, 1.82) is 0 Å². The van der Waals surface area contributed by atoms with Crippen LogP contribution in [0.2, 0.25) is 0 Å². The first-order chi connectivity index (χ1) is 8.40. The quantitative estimate of drug-likeness (QED) is 0.855. The van der Waals surface area contributed by atoms with Gasteiger partial charge in [0, 0.05) is 13.1 Å². The lowest BCUT2D eigenvalue weighted by molar-refractivity contribution is 0.570. The fraction of sp³-hybridized carbons (Fsp3) is 0.462. The summed E-state index contributed by atoms with van der Waals surface area (Å²) < 4.78 is 2.19. The average Bonchev–Trinajstić information content (AvgIpc) is 2.82. The molecule has 0 radical (unpaired) electrons. The van der Waals surface area contributed by atoms with E-state index in [-0.39, 0.29) is 0 Å². The van der Waals surface area contributed by atoms with Crippen LogP contribution in [-0.4, -0.2) is 22.5 Å². The van der Waals surface area contributed by atoms with Crippen molar-refractivity contribution in [3.63, 3.8) is 0 Å². The molecule has 1 aliphatic rings. The van der Waals surface area contributed by atoms with Gasteiger partial charge < -0.3 is 10.6 Å². The number of nitrogens with two attached hydrogens (primary N) is 1. The standard InChI is InChI=1S/C13H18N4/c14-9-12-15-10-11-5-4-6-13(17(11)12)16-7-2-1-3-8-16/h4-6,10H,1-3,7-9,14H2. The van der Waals surface area contributed by atoms with E-state index in [1.165, 1.54) is 25.1 Å². The van der Waals surface area contributed by atoms with E-state index in [2.05, 4.69) is 32.5 Å². The molecular weight excluding hydrogens is 212 g/mol. The molecule has 2 aromatic heterocycles. The minimum Gasteiger partial charge on any atom is -0.358 e. The Bertz CT molecular complexity index is 511. The maximum Gasteiger partial charge on any atom is 0.128 e. The van der Waals surface area contributed by atoms with Gasteiger partial charge in [0.2, 0.25) is 0 Å². The van der Waals surface area contributed by atoms with E-state index in [1.54, 1.807) is 0 Å². The van der Waals surface area contributed by atoms with Gasteiger partial charge in [0.25, 0.3) is 0 Å². The molecule has 0 amide bonds. The van der Waals surface area contributed by atoms with Crippen LogP contribution in [0.1, 0.15) is 25.1 Å². The van der Waals surface area contributed by atoms with Crippen LogP contribution in [0.15, 0.2) is 24.4 Å². The molecule has 2 N–H and O–H groups in total. The van der Waals surface area contributed by atoms with Gasteiger partial charge in [-0.3, -0.25) is 4.40 Å². The number of aromatic nitrogens is 2. The molecule has 0 aromatic carbocycles. The molecule has 17 heavy (non-hydrogen) atoms. The molecule has 1 aliphatic heterocycles. The van der Waals surface area contributed by atoms with Crippen molar-refractivity contribution in [3.05, 3.63) is 30.2 Å². The van der Waals surface area contributed by atoms with Crippen LogP contribution in [0.5, 0.6) is 0 Å². The van der Waals surface area contributed by atoms with E-state index in [0.29, 0.717) is 6.54 Å². The third-order valence-corrected chi connectivity index (χ3v) is 3.47. The molecule has 4 nitrogen and oxygen atoms in total. The topological polar surface area (TPSA) is 46.6 Å². The van der Waals surface area contributed by atoms with Gasteiger partial charge in [0.15, 0.2) is 0 Å². The van der Waals surface area contributed by atoms with Gasteiger partial charge >= 0.3 is 0 Å². The zero-order valence-electron chi connectivity index (χ0n) is 9.97. The van der Waals surface area contributed by atoms with Gasteiger partial charge in [-0.05, 0) is 31.4 Å². The second-order valence-corrected chi connectivity index (χ2v) is 4.57. The highest BCUT2D eigenvalue weighted by Gasteiger charge is 2.15. The van der Waals surface area contributed by atoms with Crippen LogP contribution >= 0.6 is 0 Å². The molecule has 3 rings (SSSR count). The lowest BCUT2D eigenvalue weighted by Gasteiger charge is -2.29. The number of piperidine rings is 1. The fourth-order valence-electron chi connectivity index (χ4n) is 2.61. The Balaban J connectivity index is 2.10. The highest BCUT2D eigenvalue weighted by atomic mass is 15.2. The first-order valence-electron chi connectivity index (χ1n) is 6.30. The number of pyridine rings is 1. The Morgan fingerprint density at radius 1 is 1.18 bits per heavy atom. The van der Waals surface area contributed by atoms with Crippen LogP contribution in [0.4, 0.5) is 5.82 Å². The van der Waals surface area contributed by atoms with Crippen LogP contribution in [0, 0.1) is 0 Å². The van der Waals surface area contributed by atoms with Gasteiger partial charge in [-0.25, -0.2) is 4.98 Å². The maximum atomic E-state index is 5.76. The Hall–Kier alpha value is -1.55. The highest BCUT2D eigenvalue weighted by Crippen LogP contribution is 2.22. The minimum absolute atomic E-state index is 0.485. The lowest BCUT2D eigenvalue weighted by Crippen LogP contribution is -2.31. The van der Waals surface area contributed by atoms with E-state index in [4.69, 9.17) is 5.73 Å². The molecule has 4 heteroatoms. The molecule has 90 valence electrons. The first-order valence-corrected chi connectivity index (χ1v) is 6.30. The fourth-order valence-corrected chi connectivity index (χ4v) is 2.61. The summed E-state index contributed by atoms with van der Waals surface area (Å²) in [6, 6.07) is 6.35. The van der Waals surface area contributed by atoms with Crippen LogP contribution in [0.25, 0.3) is 5.52 Å². The van der Waals surface area contributed by atoms with Crippen LogP contribution in [0.3, 0.4) is 0 Å². The molecular formula is C13H18N4. The molecule has 0 unspecified atom stereocenters. The second-order valence-electron chi connectivity index (χ2n) is 4.57. The molecule has 0 saturated carbocycles. The van der Waals surface area contributed by atoms with Gasteiger partial charge in [-0.2, -0.15) is 0 Å². The van der Waals surface area contributed by atoms with Crippen molar-refractivity contribution < 1.29 is 0 Å². The summed E-state index contributed by atoms with van der Waals surface area (Å²) in [4.78, 5) is 6.82. The zero-order valence-corrected chi connectivity index (χ0v) is 9.97. The normalized spacial score (nSPS) is 16.6. The van der Waals surface area contributed by atoms with Crippen molar-refractivity contribution in [2.45, 2.75) is 25.8 Å². The molecule has 0 aliphatic carbocycles. The Labute approximate surface area is 101 Å². The molecule has 1 fully saturated rings. The first kappa shape index (κ1) is 10.6. The third-order valence-electron chi connectivity index (χ3n) is 3.47. The Morgan fingerprint density at radius 2 is 2.00 bits per heavy atom. The van der Waals surface area contributed by atoms with Crippen molar-refractivity contribution in [1.82, 2.24) is 9.38 Å². The van der Waals surface area contributed by atoms with E-state index >= 15 is 0 Å². The van der Waals surface area contributed by atoms with Crippen LogP contribution < -0.4 is 10.6 Å². The Morgan fingerprint density at radius 3 is 2.76 bits per heavy atom. The van der Waals surface area contributed by atoms with Crippen molar-refractivity contribution in [2.75, 3.05) is 18.0 Å². The predicted octanol–water partition coefficient (Wildman–Crippen LogP) is 1.78. The number of anilines is 1. The average molecular weight is 230 g/mol. The summed E-state index contributed by atoms with van der Waals surface area (Å²) in [5.41, 5.74) is 6.89. The van der Waals surface area contributed by atoms with E-state index in [0.717, 1.165) is 24.4 Å². The molecule has 2 aromatic rings. The predicted molar refractivity (Wildman–Crippen MR) is 69.1 cm³/mol. The van der Waals surface area contributed by atoms with Crippen molar-refractivity contribution in [2.24, 2.45) is 5.73 Å². The number of rotatable bonds is 2. The van der Waals surface area contributed by atoms with Gasteiger partial charge in [0.1, 0.15) is 11.6 Å². The lowest BCUT2D eigenvalue weighted by atomic mass is 10.1. The van der Waals surface area contributed by atoms with E-state index < -0.39 is 0 Å². The SMILES string of the molecule is NCc1ncc2cccc(N3CCCCC3)n12. The van der Waals surface area contributed by atoms with Crippen molar-refractivity contribution >= 4 is 11.3 Å².